The summed E-state index contributed by atoms with van der Waals surface area (Å²) in [6.07, 6.45) is 5.44. The van der Waals surface area contributed by atoms with Gasteiger partial charge in [-0.3, -0.25) is 9.20 Å². The van der Waals surface area contributed by atoms with Crippen LogP contribution < -0.4 is 10.6 Å². The predicted octanol–water partition coefficient (Wildman–Crippen LogP) is 4.43. The first-order chi connectivity index (χ1) is 12.7. The molecule has 1 fully saturated rings. The number of nitrogens with one attached hydrogen (secondary N) is 2. The molecule has 0 aromatic heterocycles. The molecule has 4 unspecified atom stereocenters. The summed E-state index contributed by atoms with van der Waals surface area (Å²) in [7, 11) is -0.690. The highest BCUT2D eigenvalue weighted by Crippen LogP contribution is 2.23. The van der Waals surface area contributed by atoms with Crippen LogP contribution in [0, 0.1) is 0 Å². The van der Waals surface area contributed by atoms with Crippen LogP contribution in [0.25, 0.3) is 0 Å². The number of hydrogen-bond donors (Lipinski definition) is 2. The van der Waals surface area contributed by atoms with Gasteiger partial charge in [0.25, 0.3) is 0 Å². The Balaban J connectivity index is 0.00000364. The highest BCUT2D eigenvalue weighted by Gasteiger charge is 2.26. The van der Waals surface area contributed by atoms with Gasteiger partial charge >= 0.3 is 0 Å². The van der Waals surface area contributed by atoms with Crippen LogP contribution in [0.5, 0.6) is 0 Å². The van der Waals surface area contributed by atoms with Crippen molar-refractivity contribution in [2.75, 3.05) is 18.8 Å². The van der Waals surface area contributed by atoms with E-state index in [4.69, 9.17) is 4.99 Å². The molecule has 4 nitrogen and oxygen atoms in total. The number of benzene rings is 1. The van der Waals surface area contributed by atoms with Crippen molar-refractivity contribution in [2.45, 2.75) is 70.1 Å². The quantitative estimate of drug-likeness (QED) is 0.312. The van der Waals surface area contributed by atoms with Crippen LogP contribution in [0.3, 0.4) is 0 Å². The van der Waals surface area contributed by atoms with Crippen molar-refractivity contribution in [1.29, 1.82) is 0 Å². The molecule has 0 bridgehead atoms. The van der Waals surface area contributed by atoms with E-state index in [0.717, 1.165) is 56.9 Å². The normalized spacial score (nSPS) is 22.4. The van der Waals surface area contributed by atoms with Crippen LogP contribution in [-0.4, -0.2) is 40.3 Å². The molecule has 4 atom stereocenters. The summed E-state index contributed by atoms with van der Waals surface area (Å²) in [5, 5.41) is 7.32. The molecule has 2 rings (SSSR count). The van der Waals surface area contributed by atoms with Crippen molar-refractivity contribution in [3.05, 3.63) is 35.9 Å². The third-order valence-electron chi connectivity index (χ3n) is 5.20. The van der Waals surface area contributed by atoms with E-state index in [1.807, 2.05) is 6.92 Å². The Morgan fingerprint density at radius 3 is 2.59 bits per heavy atom. The van der Waals surface area contributed by atoms with Gasteiger partial charge in [0.1, 0.15) is 0 Å². The van der Waals surface area contributed by atoms with Gasteiger partial charge in [0.05, 0.1) is 0 Å². The maximum absolute atomic E-state index is 12.2. The summed E-state index contributed by atoms with van der Waals surface area (Å²) in [6, 6.07) is 11.0. The summed E-state index contributed by atoms with van der Waals surface area (Å²) >= 11 is 0. The minimum Gasteiger partial charge on any atom is -0.357 e. The van der Waals surface area contributed by atoms with E-state index in [1.54, 1.807) is 0 Å². The van der Waals surface area contributed by atoms with E-state index in [9.17, 15) is 4.21 Å². The lowest BCUT2D eigenvalue weighted by molar-refractivity contribution is 0.413. The van der Waals surface area contributed by atoms with E-state index in [-0.39, 0.29) is 24.0 Å². The van der Waals surface area contributed by atoms with Crippen molar-refractivity contribution < 1.29 is 4.21 Å². The lowest BCUT2D eigenvalue weighted by Gasteiger charge is -2.30. The Labute approximate surface area is 184 Å². The van der Waals surface area contributed by atoms with E-state index in [1.165, 1.54) is 5.56 Å². The zero-order chi connectivity index (χ0) is 18.8. The molecule has 0 radical (unpaired) electrons. The summed E-state index contributed by atoms with van der Waals surface area (Å²) in [5.41, 5.74) is 1.35. The Bertz CT molecular complexity index is 582. The fourth-order valence-corrected chi connectivity index (χ4v) is 5.01. The zero-order valence-electron chi connectivity index (χ0n) is 16.9. The molecular weight excluding hydrogens is 469 g/mol. The highest BCUT2D eigenvalue weighted by molar-refractivity contribution is 14.0. The molecule has 0 heterocycles. The Hall–Kier alpha value is -0.630. The fraction of sp³-hybridized carbons (Fsp3) is 0.667. The van der Waals surface area contributed by atoms with Crippen LogP contribution in [0.15, 0.2) is 35.3 Å². The lowest BCUT2D eigenvalue weighted by Crippen LogP contribution is -2.46. The first-order valence-corrected chi connectivity index (χ1v) is 11.5. The summed E-state index contributed by atoms with van der Waals surface area (Å²) in [6.45, 7) is 7.98. The molecule has 6 heteroatoms. The Morgan fingerprint density at radius 2 is 1.96 bits per heavy atom. The van der Waals surface area contributed by atoms with Crippen molar-refractivity contribution >= 4 is 40.7 Å². The molecule has 0 saturated heterocycles. The molecule has 0 amide bonds. The van der Waals surface area contributed by atoms with Crippen LogP contribution in [0.4, 0.5) is 0 Å². The van der Waals surface area contributed by atoms with Crippen LogP contribution in [0.2, 0.25) is 0 Å². The minimum atomic E-state index is -0.690. The molecule has 2 N–H and O–H groups in total. The molecule has 1 aliphatic carbocycles. The maximum Gasteiger partial charge on any atom is 0.191 e. The van der Waals surface area contributed by atoms with E-state index in [0.29, 0.717) is 17.2 Å². The molecule has 154 valence electrons. The van der Waals surface area contributed by atoms with E-state index < -0.39 is 10.8 Å². The van der Waals surface area contributed by atoms with Crippen LogP contribution >= 0.6 is 24.0 Å². The summed E-state index contributed by atoms with van der Waals surface area (Å²) in [4.78, 5) is 4.86. The van der Waals surface area contributed by atoms with E-state index in [2.05, 4.69) is 54.8 Å². The first-order valence-electron chi connectivity index (χ1n) is 10.1. The zero-order valence-corrected chi connectivity index (χ0v) is 20.1. The molecule has 1 aliphatic rings. The molecular formula is C21H36IN3OS. The van der Waals surface area contributed by atoms with Gasteiger partial charge in [-0.05, 0) is 38.2 Å². The Kier molecular flexibility index (Phi) is 12.2. The standard InChI is InChI=1S/C21H35N3OS.HI/c1-4-17(18-11-8-7-9-12-18)16-23-21(22-5-2)24-19-13-10-14-20(15-19)26(25)6-3;/h7-9,11-12,17,19-20H,4-6,10,13-16H2,1-3H3,(H2,22,23,24);1H. The van der Waals surface area contributed by atoms with Gasteiger partial charge in [-0.15, -0.1) is 24.0 Å². The van der Waals surface area contributed by atoms with Crippen LogP contribution in [-0.2, 0) is 10.8 Å². The van der Waals surface area contributed by atoms with Gasteiger partial charge in [-0.1, -0.05) is 50.6 Å². The van der Waals surface area contributed by atoms with Gasteiger partial charge < -0.3 is 10.6 Å². The number of rotatable bonds is 8. The van der Waals surface area contributed by atoms with Gasteiger partial charge in [-0.2, -0.15) is 0 Å². The number of hydrogen-bond acceptors (Lipinski definition) is 2. The average molecular weight is 506 g/mol. The fourth-order valence-electron chi connectivity index (χ4n) is 3.66. The highest BCUT2D eigenvalue weighted by atomic mass is 127. The molecule has 27 heavy (non-hydrogen) atoms. The number of halogens is 1. The number of nitrogens with zero attached hydrogens (tertiary/aromatic N) is 1. The molecule has 1 saturated carbocycles. The average Bonchev–Trinajstić information content (AvgIpc) is 2.69. The van der Waals surface area contributed by atoms with Crippen molar-refractivity contribution in [1.82, 2.24) is 10.6 Å². The largest absolute Gasteiger partial charge is 0.357 e. The number of guanidine groups is 1. The number of aliphatic imine (C=N–C) groups is 1. The second-order valence-electron chi connectivity index (χ2n) is 7.03. The summed E-state index contributed by atoms with van der Waals surface area (Å²) < 4.78 is 12.2. The second-order valence-corrected chi connectivity index (χ2v) is 9.04. The monoisotopic (exact) mass is 505 g/mol. The topological polar surface area (TPSA) is 53.5 Å². The van der Waals surface area contributed by atoms with Gasteiger partial charge in [0, 0.05) is 46.9 Å². The first kappa shape index (κ1) is 24.4. The van der Waals surface area contributed by atoms with Crippen molar-refractivity contribution in [2.24, 2.45) is 4.99 Å². The van der Waals surface area contributed by atoms with Crippen LogP contribution in [0.1, 0.15) is 64.4 Å². The molecule has 0 aliphatic heterocycles. The predicted molar refractivity (Wildman–Crippen MR) is 129 cm³/mol. The van der Waals surface area contributed by atoms with Gasteiger partial charge in [0.2, 0.25) is 0 Å². The van der Waals surface area contributed by atoms with Crippen molar-refractivity contribution in [3.8, 4) is 0 Å². The second kappa shape index (κ2) is 13.5. The molecule has 1 aromatic rings. The van der Waals surface area contributed by atoms with E-state index >= 15 is 0 Å². The molecule has 0 spiro atoms. The Morgan fingerprint density at radius 1 is 1.22 bits per heavy atom. The maximum atomic E-state index is 12.2. The molecule has 1 aromatic carbocycles. The minimum absolute atomic E-state index is 0. The summed E-state index contributed by atoms with van der Waals surface area (Å²) in [5.74, 6) is 2.11. The van der Waals surface area contributed by atoms with Crippen molar-refractivity contribution in [3.63, 3.8) is 0 Å². The third kappa shape index (κ3) is 8.10. The van der Waals surface area contributed by atoms with Gasteiger partial charge in [-0.25, -0.2) is 0 Å². The lowest BCUT2D eigenvalue weighted by atomic mass is 9.95. The SMILES string of the molecule is CCNC(=NCC(CC)c1ccccc1)NC1CCCC(S(=O)CC)C1.I. The smallest absolute Gasteiger partial charge is 0.191 e. The van der Waals surface area contributed by atoms with Gasteiger partial charge in [0.15, 0.2) is 5.96 Å². The third-order valence-corrected chi connectivity index (χ3v) is 6.94.